The van der Waals surface area contributed by atoms with Gasteiger partial charge in [0.25, 0.3) is 0 Å². The van der Waals surface area contributed by atoms with Gasteiger partial charge in [0.2, 0.25) is 5.91 Å². The normalized spacial score (nSPS) is 10.5. The second-order valence-electron chi connectivity index (χ2n) is 4.49. The van der Waals surface area contributed by atoms with Crippen LogP contribution in [0.4, 0.5) is 5.69 Å². The van der Waals surface area contributed by atoms with Crippen LogP contribution >= 0.6 is 0 Å². The van der Waals surface area contributed by atoms with E-state index in [9.17, 15) is 14.9 Å². The summed E-state index contributed by atoms with van der Waals surface area (Å²) in [5.74, 6) is -0.447. The number of carbonyl (C=O) groups excluding carboxylic acids is 1. The van der Waals surface area contributed by atoms with Gasteiger partial charge >= 0.3 is 5.69 Å². The summed E-state index contributed by atoms with van der Waals surface area (Å²) in [6.07, 6.45) is 2.56. The first-order valence-electron chi connectivity index (χ1n) is 6.49. The fourth-order valence-corrected chi connectivity index (χ4v) is 1.82. The van der Waals surface area contributed by atoms with E-state index >= 15 is 0 Å². The maximum atomic E-state index is 11.1. The van der Waals surface area contributed by atoms with Crippen LogP contribution in [0.3, 0.4) is 0 Å². The SMILES string of the molecule is NC(=O)/C=C\c1ccc(OCc2ccccc2)c([N+](=O)[O-])c1. The predicted octanol–water partition coefficient (Wildman–Crippen LogP) is 2.67. The van der Waals surface area contributed by atoms with Crippen molar-refractivity contribution in [3.63, 3.8) is 0 Å². The van der Waals surface area contributed by atoms with Gasteiger partial charge in [-0.05, 0) is 23.3 Å². The first kappa shape index (κ1) is 15.2. The number of nitro groups is 1. The van der Waals surface area contributed by atoms with Crippen LogP contribution < -0.4 is 10.5 Å². The van der Waals surface area contributed by atoms with Gasteiger partial charge in [-0.2, -0.15) is 0 Å². The lowest BCUT2D eigenvalue weighted by atomic mass is 10.1. The molecule has 112 valence electrons. The average molecular weight is 298 g/mol. The highest BCUT2D eigenvalue weighted by Crippen LogP contribution is 2.29. The lowest BCUT2D eigenvalue weighted by Gasteiger charge is -2.07. The van der Waals surface area contributed by atoms with Crippen molar-refractivity contribution in [3.05, 3.63) is 75.8 Å². The second kappa shape index (κ2) is 7.03. The molecule has 2 rings (SSSR count). The summed E-state index contributed by atoms with van der Waals surface area (Å²) in [5, 5.41) is 11.1. The number of nitrogens with zero attached hydrogens (tertiary/aromatic N) is 1. The van der Waals surface area contributed by atoms with Crippen LogP contribution in [-0.2, 0) is 11.4 Å². The van der Waals surface area contributed by atoms with Crippen LogP contribution in [0, 0.1) is 10.1 Å². The zero-order valence-electron chi connectivity index (χ0n) is 11.6. The molecule has 0 heterocycles. The lowest BCUT2D eigenvalue weighted by Crippen LogP contribution is -2.05. The smallest absolute Gasteiger partial charge is 0.311 e. The topological polar surface area (TPSA) is 95.5 Å². The van der Waals surface area contributed by atoms with Crippen molar-refractivity contribution in [3.8, 4) is 5.75 Å². The lowest BCUT2D eigenvalue weighted by molar-refractivity contribution is -0.386. The molecule has 0 saturated heterocycles. The van der Waals surface area contributed by atoms with E-state index in [1.54, 1.807) is 6.07 Å². The van der Waals surface area contributed by atoms with Crippen LogP contribution in [0.25, 0.3) is 6.08 Å². The number of hydrogen-bond donors (Lipinski definition) is 1. The van der Waals surface area contributed by atoms with Gasteiger partial charge in [-0.3, -0.25) is 14.9 Å². The van der Waals surface area contributed by atoms with Crippen molar-refractivity contribution < 1.29 is 14.5 Å². The summed E-state index contributed by atoms with van der Waals surface area (Å²) < 4.78 is 5.51. The summed E-state index contributed by atoms with van der Waals surface area (Å²) in [7, 11) is 0. The molecule has 1 amide bonds. The molecule has 0 saturated carbocycles. The van der Waals surface area contributed by atoms with Gasteiger partial charge in [-0.25, -0.2) is 0 Å². The molecule has 2 aromatic carbocycles. The number of carbonyl (C=O) groups is 1. The van der Waals surface area contributed by atoms with Crippen molar-refractivity contribution >= 4 is 17.7 Å². The number of hydrogen-bond acceptors (Lipinski definition) is 4. The molecule has 6 nitrogen and oxygen atoms in total. The third-order valence-corrected chi connectivity index (χ3v) is 2.86. The van der Waals surface area contributed by atoms with Crippen LogP contribution in [0.2, 0.25) is 0 Å². The van der Waals surface area contributed by atoms with Gasteiger partial charge in [-0.15, -0.1) is 0 Å². The molecule has 0 fully saturated rings. The summed E-state index contributed by atoms with van der Waals surface area (Å²) in [4.78, 5) is 21.3. The van der Waals surface area contributed by atoms with E-state index in [2.05, 4.69) is 0 Å². The summed E-state index contributed by atoms with van der Waals surface area (Å²) >= 11 is 0. The molecular formula is C16H14N2O4. The molecule has 2 N–H and O–H groups in total. The number of amides is 1. The van der Waals surface area contributed by atoms with E-state index in [0.717, 1.165) is 11.6 Å². The van der Waals surface area contributed by atoms with Crippen molar-refractivity contribution in [2.24, 2.45) is 5.73 Å². The second-order valence-corrected chi connectivity index (χ2v) is 4.49. The van der Waals surface area contributed by atoms with E-state index in [1.165, 1.54) is 18.2 Å². The van der Waals surface area contributed by atoms with Gasteiger partial charge in [0.1, 0.15) is 6.61 Å². The number of ether oxygens (including phenoxy) is 1. The molecule has 22 heavy (non-hydrogen) atoms. The van der Waals surface area contributed by atoms with E-state index < -0.39 is 10.8 Å². The van der Waals surface area contributed by atoms with Gasteiger partial charge in [-0.1, -0.05) is 36.4 Å². The largest absolute Gasteiger partial charge is 0.482 e. The highest BCUT2D eigenvalue weighted by Gasteiger charge is 2.15. The molecule has 0 aliphatic carbocycles. The Morgan fingerprint density at radius 2 is 1.95 bits per heavy atom. The fraction of sp³-hybridized carbons (Fsp3) is 0.0625. The van der Waals surface area contributed by atoms with Crippen LogP contribution in [0.5, 0.6) is 5.75 Å². The highest BCUT2D eigenvalue weighted by molar-refractivity contribution is 5.90. The Balaban J connectivity index is 2.20. The van der Waals surface area contributed by atoms with Crippen LogP contribution in [-0.4, -0.2) is 10.8 Å². The summed E-state index contributed by atoms with van der Waals surface area (Å²) in [6, 6.07) is 13.8. The Kier molecular flexibility index (Phi) is 4.87. The fourth-order valence-electron chi connectivity index (χ4n) is 1.82. The van der Waals surface area contributed by atoms with Crippen LogP contribution in [0.15, 0.2) is 54.6 Å². The Morgan fingerprint density at radius 1 is 1.23 bits per heavy atom. The minimum absolute atomic E-state index is 0.164. The van der Waals surface area contributed by atoms with Crippen molar-refractivity contribution in [1.29, 1.82) is 0 Å². The van der Waals surface area contributed by atoms with E-state index in [0.29, 0.717) is 5.56 Å². The van der Waals surface area contributed by atoms with Crippen molar-refractivity contribution in [2.75, 3.05) is 0 Å². The number of primary amides is 1. The Hall–Kier alpha value is -3.15. The molecule has 0 bridgehead atoms. The molecule has 6 heteroatoms. The Labute approximate surface area is 127 Å². The number of nitro benzene ring substituents is 1. The van der Waals surface area contributed by atoms with Gasteiger partial charge in [0.15, 0.2) is 5.75 Å². The van der Waals surface area contributed by atoms with E-state index in [1.807, 2.05) is 30.3 Å². The average Bonchev–Trinajstić information content (AvgIpc) is 2.52. The quantitative estimate of drug-likeness (QED) is 0.504. The van der Waals surface area contributed by atoms with Crippen LogP contribution in [0.1, 0.15) is 11.1 Å². The summed E-state index contributed by atoms with van der Waals surface area (Å²) in [6.45, 7) is 0.234. The summed E-state index contributed by atoms with van der Waals surface area (Å²) in [5.41, 5.74) is 6.24. The third kappa shape index (κ3) is 4.17. The number of rotatable bonds is 6. The first-order valence-corrected chi connectivity index (χ1v) is 6.49. The van der Waals surface area contributed by atoms with E-state index in [4.69, 9.17) is 10.5 Å². The van der Waals surface area contributed by atoms with Gasteiger partial charge in [0.05, 0.1) is 4.92 Å². The van der Waals surface area contributed by atoms with Gasteiger partial charge < -0.3 is 10.5 Å². The van der Waals surface area contributed by atoms with Crippen molar-refractivity contribution in [2.45, 2.75) is 6.61 Å². The monoisotopic (exact) mass is 298 g/mol. The molecule has 0 unspecified atom stereocenters. The molecule has 2 aromatic rings. The zero-order chi connectivity index (χ0) is 15.9. The zero-order valence-corrected chi connectivity index (χ0v) is 11.6. The number of benzene rings is 2. The molecular weight excluding hydrogens is 284 g/mol. The molecule has 0 aliphatic heterocycles. The maximum absolute atomic E-state index is 11.1. The molecule has 0 radical (unpaired) electrons. The van der Waals surface area contributed by atoms with Crippen molar-refractivity contribution in [1.82, 2.24) is 0 Å². The van der Waals surface area contributed by atoms with E-state index in [-0.39, 0.29) is 18.0 Å². The Morgan fingerprint density at radius 3 is 2.59 bits per heavy atom. The third-order valence-electron chi connectivity index (χ3n) is 2.86. The minimum atomic E-state index is -0.618. The Bertz CT molecular complexity index is 711. The molecule has 0 aliphatic rings. The maximum Gasteiger partial charge on any atom is 0.311 e. The first-order chi connectivity index (χ1) is 10.6. The van der Waals surface area contributed by atoms with Gasteiger partial charge in [0, 0.05) is 12.1 Å². The predicted molar refractivity (Wildman–Crippen MR) is 82.1 cm³/mol. The molecule has 0 aromatic heterocycles. The standard InChI is InChI=1S/C16H14N2O4/c17-16(19)9-7-12-6-8-15(14(10-12)18(20)21)22-11-13-4-2-1-3-5-13/h1-10H,11H2,(H2,17,19)/b9-7-. The minimum Gasteiger partial charge on any atom is -0.482 e. The molecule has 0 atom stereocenters. The number of nitrogens with two attached hydrogens (primary N) is 1. The molecule has 0 spiro atoms. The highest BCUT2D eigenvalue weighted by atomic mass is 16.6.